The Hall–Kier alpha value is -0.520. The third-order valence-corrected chi connectivity index (χ3v) is 9.49. The van der Waals surface area contributed by atoms with Crippen molar-refractivity contribution in [1.29, 1.82) is 0 Å². The highest BCUT2D eigenvalue weighted by molar-refractivity contribution is 4.92. The van der Waals surface area contributed by atoms with Crippen LogP contribution in [0.15, 0.2) is 24.8 Å². The molecule has 0 radical (unpaired) electrons. The van der Waals surface area contributed by atoms with Crippen molar-refractivity contribution in [3.63, 3.8) is 0 Å². The van der Waals surface area contributed by atoms with E-state index < -0.39 is 0 Å². The van der Waals surface area contributed by atoms with Crippen molar-refractivity contribution in [3.05, 3.63) is 24.8 Å². The van der Waals surface area contributed by atoms with Crippen LogP contribution >= 0.6 is 0 Å². The van der Waals surface area contributed by atoms with E-state index in [1.807, 2.05) is 0 Å². The lowest BCUT2D eigenvalue weighted by atomic mass is 9.68. The van der Waals surface area contributed by atoms with Gasteiger partial charge in [-0.3, -0.25) is 0 Å². The molecule has 3 fully saturated rings. The smallest absolute Gasteiger partial charge is 0.0233 e. The maximum Gasteiger partial charge on any atom is -0.0233 e. The quantitative estimate of drug-likeness (QED) is 0.215. The van der Waals surface area contributed by atoms with Gasteiger partial charge < -0.3 is 0 Å². The molecule has 0 amide bonds. The number of rotatable bonds is 12. The van der Waals surface area contributed by atoms with Gasteiger partial charge in [0.1, 0.15) is 0 Å². The summed E-state index contributed by atoms with van der Waals surface area (Å²) in [5.74, 6) is 6.14. The Balaban J connectivity index is 1.23. The minimum atomic E-state index is 0.882. The number of hydrogen-bond donors (Lipinski definition) is 0. The molecule has 31 heavy (non-hydrogen) atoms. The fourth-order valence-electron chi connectivity index (χ4n) is 7.22. The van der Waals surface area contributed by atoms with Gasteiger partial charge in [-0.1, -0.05) is 76.5 Å². The van der Waals surface area contributed by atoms with E-state index in [4.69, 9.17) is 0 Å². The molecule has 0 atom stereocenters. The molecule has 0 saturated heterocycles. The summed E-state index contributed by atoms with van der Waals surface area (Å²) in [6, 6.07) is 0. The van der Waals surface area contributed by atoms with Crippen LogP contribution in [0.5, 0.6) is 0 Å². The van der Waals surface area contributed by atoms with Gasteiger partial charge in [-0.15, -0.1) is 6.58 Å². The topological polar surface area (TPSA) is 0 Å². The highest BCUT2D eigenvalue weighted by Gasteiger charge is 2.30. The van der Waals surface area contributed by atoms with E-state index in [0.29, 0.717) is 0 Å². The molecule has 3 aliphatic rings. The molecule has 0 spiro atoms. The molecule has 0 aromatic heterocycles. The number of unbranched alkanes of at least 4 members (excludes halogenated alkanes) is 2. The Bertz CT molecular complexity index is 478. The molecule has 0 aromatic rings. The van der Waals surface area contributed by atoms with Crippen molar-refractivity contribution in [2.45, 2.75) is 135 Å². The standard InChI is InChI=1S/C31H54/c1-3-5-7-11-28-18-22-30(23-19-28)31-24-20-29(21-25-31)13-9-8-12-27-16-14-26(15-17-27)10-6-4-2/h4,8,12,26-31H,2-3,5-7,9-11,13-25H2,1H3/t26-,27-,28-,29-,30-,31-. The van der Waals surface area contributed by atoms with Crippen LogP contribution in [0.3, 0.4) is 0 Å². The van der Waals surface area contributed by atoms with Crippen LogP contribution in [0.2, 0.25) is 0 Å². The molecule has 3 rings (SSSR count). The second-order valence-electron chi connectivity index (χ2n) is 11.7. The van der Waals surface area contributed by atoms with Gasteiger partial charge in [-0.2, -0.15) is 0 Å². The molecule has 0 aromatic carbocycles. The van der Waals surface area contributed by atoms with Crippen LogP contribution in [0.25, 0.3) is 0 Å². The van der Waals surface area contributed by atoms with Crippen molar-refractivity contribution < 1.29 is 0 Å². The van der Waals surface area contributed by atoms with Gasteiger partial charge >= 0.3 is 0 Å². The van der Waals surface area contributed by atoms with Crippen LogP contribution < -0.4 is 0 Å². The summed E-state index contributed by atoms with van der Waals surface area (Å²) >= 11 is 0. The Morgan fingerprint density at radius 3 is 1.68 bits per heavy atom. The SMILES string of the molecule is C=CCC[C@H]1CC[C@H](C=CCC[C@H]2CC[C@H]([C@H]3CC[C@H](CCCCC)CC3)CC2)CC1. The highest BCUT2D eigenvalue weighted by atomic mass is 14.4. The van der Waals surface area contributed by atoms with E-state index in [0.717, 1.165) is 35.5 Å². The molecule has 0 N–H and O–H groups in total. The summed E-state index contributed by atoms with van der Waals surface area (Å²) in [7, 11) is 0. The highest BCUT2D eigenvalue weighted by Crippen LogP contribution is 2.43. The summed E-state index contributed by atoms with van der Waals surface area (Å²) in [4.78, 5) is 0. The summed E-state index contributed by atoms with van der Waals surface area (Å²) in [6.07, 6.45) is 36.6. The van der Waals surface area contributed by atoms with Crippen molar-refractivity contribution in [3.8, 4) is 0 Å². The Labute approximate surface area is 195 Å². The number of allylic oxidation sites excluding steroid dienone is 3. The molecule has 178 valence electrons. The van der Waals surface area contributed by atoms with Gasteiger partial charge in [0.25, 0.3) is 0 Å². The van der Waals surface area contributed by atoms with E-state index in [1.54, 1.807) is 38.5 Å². The Kier molecular flexibility index (Phi) is 11.8. The van der Waals surface area contributed by atoms with Gasteiger partial charge in [0.2, 0.25) is 0 Å². The molecule has 0 heteroatoms. The largest absolute Gasteiger partial charge is 0.103 e. The first-order valence-corrected chi connectivity index (χ1v) is 14.6. The zero-order chi connectivity index (χ0) is 21.7. The average Bonchev–Trinajstić information content (AvgIpc) is 2.82. The van der Waals surface area contributed by atoms with Crippen LogP contribution in [0.1, 0.15) is 135 Å². The second kappa shape index (κ2) is 14.6. The van der Waals surface area contributed by atoms with Crippen LogP contribution in [0, 0.1) is 35.5 Å². The summed E-state index contributed by atoms with van der Waals surface area (Å²) < 4.78 is 0. The van der Waals surface area contributed by atoms with Gasteiger partial charge in [0.15, 0.2) is 0 Å². The van der Waals surface area contributed by atoms with E-state index in [9.17, 15) is 0 Å². The van der Waals surface area contributed by atoms with Crippen LogP contribution in [0.4, 0.5) is 0 Å². The molecule has 0 aliphatic heterocycles. The van der Waals surface area contributed by atoms with Gasteiger partial charge in [0, 0.05) is 0 Å². The van der Waals surface area contributed by atoms with E-state index in [1.165, 1.54) is 89.9 Å². The van der Waals surface area contributed by atoms with Gasteiger partial charge in [-0.25, -0.2) is 0 Å². The normalized spacial score (nSPS) is 34.7. The van der Waals surface area contributed by atoms with Crippen LogP contribution in [-0.4, -0.2) is 0 Å². The molecule has 3 aliphatic carbocycles. The minimum absolute atomic E-state index is 0.882. The molecule has 0 unspecified atom stereocenters. The van der Waals surface area contributed by atoms with Crippen molar-refractivity contribution in [1.82, 2.24) is 0 Å². The lowest BCUT2D eigenvalue weighted by Gasteiger charge is -2.38. The molecule has 0 heterocycles. The van der Waals surface area contributed by atoms with Gasteiger partial charge in [0.05, 0.1) is 0 Å². The van der Waals surface area contributed by atoms with Crippen molar-refractivity contribution in [2.24, 2.45) is 35.5 Å². The lowest BCUT2D eigenvalue weighted by Crippen LogP contribution is -2.25. The molecule has 3 saturated carbocycles. The molecular formula is C31H54. The van der Waals surface area contributed by atoms with Gasteiger partial charge in [-0.05, 0) is 113 Å². The lowest BCUT2D eigenvalue weighted by molar-refractivity contribution is 0.140. The summed E-state index contributed by atoms with van der Waals surface area (Å²) in [6.45, 7) is 6.21. The first kappa shape index (κ1) is 25.1. The monoisotopic (exact) mass is 426 g/mol. The minimum Gasteiger partial charge on any atom is -0.103 e. The van der Waals surface area contributed by atoms with Crippen LogP contribution in [-0.2, 0) is 0 Å². The maximum atomic E-state index is 3.88. The Morgan fingerprint density at radius 1 is 0.613 bits per heavy atom. The first-order chi connectivity index (χ1) is 15.3. The predicted octanol–water partition coefficient (Wildman–Crippen LogP) is 10.3. The first-order valence-electron chi connectivity index (χ1n) is 14.6. The molecule has 0 nitrogen and oxygen atoms in total. The molecule has 0 bridgehead atoms. The number of hydrogen-bond acceptors (Lipinski definition) is 0. The zero-order valence-electron chi connectivity index (χ0n) is 21.0. The van der Waals surface area contributed by atoms with E-state index in [-0.39, 0.29) is 0 Å². The second-order valence-corrected chi connectivity index (χ2v) is 11.7. The maximum absolute atomic E-state index is 3.88. The summed E-state index contributed by atoms with van der Waals surface area (Å²) in [5.41, 5.74) is 0. The van der Waals surface area contributed by atoms with Crippen molar-refractivity contribution >= 4 is 0 Å². The predicted molar refractivity (Wildman–Crippen MR) is 138 cm³/mol. The van der Waals surface area contributed by atoms with E-state index in [2.05, 4.69) is 31.7 Å². The molecular weight excluding hydrogens is 372 g/mol. The zero-order valence-corrected chi connectivity index (χ0v) is 21.0. The third-order valence-electron chi connectivity index (χ3n) is 9.49. The average molecular weight is 427 g/mol. The fourth-order valence-corrected chi connectivity index (χ4v) is 7.22. The fraction of sp³-hybridized carbons (Fsp3) is 0.871. The van der Waals surface area contributed by atoms with E-state index >= 15 is 0 Å². The third kappa shape index (κ3) is 9.09. The summed E-state index contributed by atoms with van der Waals surface area (Å²) in [5, 5.41) is 0. The Morgan fingerprint density at radius 2 is 1.13 bits per heavy atom. The van der Waals surface area contributed by atoms with Crippen molar-refractivity contribution in [2.75, 3.05) is 0 Å².